The molecule has 0 aromatic heterocycles. The van der Waals surface area contributed by atoms with E-state index < -0.39 is 0 Å². The lowest BCUT2D eigenvalue weighted by molar-refractivity contribution is 0.467. The maximum absolute atomic E-state index is 3.27. The van der Waals surface area contributed by atoms with Gasteiger partial charge in [-0.05, 0) is 25.2 Å². The summed E-state index contributed by atoms with van der Waals surface area (Å²) in [7, 11) is 0. The molecule has 0 amide bonds. The third kappa shape index (κ3) is 11.9. The van der Waals surface area contributed by atoms with E-state index in [4.69, 9.17) is 0 Å². The van der Waals surface area contributed by atoms with Gasteiger partial charge in [0.1, 0.15) is 0 Å². The van der Waals surface area contributed by atoms with E-state index in [1.54, 1.807) is 0 Å². The minimum Gasteiger partial charge on any atom is -0.258 e. The van der Waals surface area contributed by atoms with E-state index in [1.807, 2.05) is 0 Å². The molecule has 0 bridgehead atoms. The Bertz CT molecular complexity index is 102. The van der Waals surface area contributed by atoms with E-state index in [0.29, 0.717) is 0 Å². The SMILES string of the molecule is CCCCCCNNCCCC(C)C. The Morgan fingerprint density at radius 1 is 0.857 bits per heavy atom. The number of rotatable bonds is 10. The van der Waals surface area contributed by atoms with Gasteiger partial charge in [0.25, 0.3) is 0 Å². The van der Waals surface area contributed by atoms with Crippen LogP contribution in [0.2, 0.25) is 0 Å². The Kier molecular flexibility index (Phi) is 10.9. The Hall–Kier alpha value is -0.0800. The molecule has 14 heavy (non-hydrogen) atoms. The quantitative estimate of drug-likeness (QED) is 0.418. The van der Waals surface area contributed by atoms with Gasteiger partial charge in [-0.3, -0.25) is 10.9 Å². The van der Waals surface area contributed by atoms with Crippen LogP contribution in [0.1, 0.15) is 59.3 Å². The molecule has 0 saturated heterocycles. The van der Waals surface area contributed by atoms with Crippen molar-refractivity contribution in [3.8, 4) is 0 Å². The molecule has 0 atom stereocenters. The summed E-state index contributed by atoms with van der Waals surface area (Å²) < 4.78 is 0. The highest BCUT2D eigenvalue weighted by Gasteiger charge is 1.93. The van der Waals surface area contributed by atoms with Gasteiger partial charge in [-0.25, -0.2) is 0 Å². The molecule has 0 aliphatic rings. The van der Waals surface area contributed by atoms with Crippen molar-refractivity contribution in [3.05, 3.63) is 0 Å². The van der Waals surface area contributed by atoms with Crippen LogP contribution < -0.4 is 10.9 Å². The summed E-state index contributed by atoms with van der Waals surface area (Å²) in [4.78, 5) is 0. The van der Waals surface area contributed by atoms with Crippen LogP contribution in [-0.4, -0.2) is 13.1 Å². The third-order valence-corrected chi connectivity index (χ3v) is 2.36. The fraction of sp³-hybridized carbons (Fsp3) is 1.00. The summed E-state index contributed by atoms with van der Waals surface area (Å²) >= 11 is 0. The smallest absolute Gasteiger partial charge is 0.00998 e. The highest BCUT2D eigenvalue weighted by molar-refractivity contribution is 4.49. The molecule has 0 aromatic carbocycles. The number of hydrazine groups is 1. The van der Waals surface area contributed by atoms with E-state index >= 15 is 0 Å². The van der Waals surface area contributed by atoms with Crippen LogP contribution in [0.25, 0.3) is 0 Å². The average molecular weight is 200 g/mol. The van der Waals surface area contributed by atoms with Gasteiger partial charge in [-0.15, -0.1) is 0 Å². The Morgan fingerprint density at radius 3 is 2.07 bits per heavy atom. The van der Waals surface area contributed by atoms with E-state index in [1.165, 1.54) is 38.5 Å². The topological polar surface area (TPSA) is 24.1 Å². The van der Waals surface area contributed by atoms with Gasteiger partial charge >= 0.3 is 0 Å². The molecule has 0 saturated carbocycles. The van der Waals surface area contributed by atoms with Crippen LogP contribution in [0, 0.1) is 5.92 Å². The normalized spacial score (nSPS) is 11.1. The first-order chi connectivity index (χ1) is 6.77. The fourth-order valence-electron chi connectivity index (χ4n) is 1.42. The lowest BCUT2D eigenvalue weighted by Crippen LogP contribution is -2.33. The van der Waals surface area contributed by atoms with Crippen molar-refractivity contribution in [3.63, 3.8) is 0 Å². The standard InChI is InChI=1S/C12H28N2/c1-4-5-6-7-10-13-14-11-8-9-12(2)3/h12-14H,4-11H2,1-3H3. The lowest BCUT2D eigenvalue weighted by Gasteiger charge is -2.07. The molecule has 2 heteroatoms. The zero-order chi connectivity index (χ0) is 10.6. The van der Waals surface area contributed by atoms with Crippen molar-refractivity contribution in [2.24, 2.45) is 5.92 Å². The molecule has 0 aromatic rings. The second-order valence-corrected chi connectivity index (χ2v) is 4.45. The van der Waals surface area contributed by atoms with Gasteiger partial charge in [0.2, 0.25) is 0 Å². The second kappa shape index (κ2) is 11.0. The monoisotopic (exact) mass is 200 g/mol. The molecule has 0 rings (SSSR count). The van der Waals surface area contributed by atoms with Gasteiger partial charge in [-0.1, -0.05) is 40.0 Å². The maximum Gasteiger partial charge on any atom is 0.00998 e. The van der Waals surface area contributed by atoms with E-state index in [2.05, 4.69) is 31.6 Å². The van der Waals surface area contributed by atoms with Crippen LogP contribution in [0.3, 0.4) is 0 Å². The molecule has 0 fully saturated rings. The summed E-state index contributed by atoms with van der Waals surface area (Å²) in [5.74, 6) is 0.835. The van der Waals surface area contributed by atoms with E-state index in [-0.39, 0.29) is 0 Å². The van der Waals surface area contributed by atoms with Gasteiger partial charge in [-0.2, -0.15) is 0 Å². The zero-order valence-corrected chi connectivity index (χ0v) is 10.2. The summed E-state index contributed by atoms with van der Waals surface area (Å²) in [6.45, 7) is 9.02. The van der Waals surface area contributed by atoms with E-state index in [9.17, 15) is 0 Å². The summed E-state index contributed by atoms with van der Waals surface area (Å²) in [5.41, 5.74) is 6.54. The van der Waals surface area contributed by atoms with Gasteiger partial charge in [0, 0.05) is 13.1 Å². The Labute approximate surface area is 89.8 Å². The maximum atomic E-state index is 3.27. The predicted octanol–water partition coefficient (Wildman–Crippen LogP) is 3.10. The molecular weight excluding hydrogens is 172 g/mol. The molecule has 2 N–H and O–H groups in total. The molecule has 0 radical (unpaired) electrons. The first kappa shape index (κ1) is 13.9. The second-order valence-electron chi connectivity index (χ2n) is 4.45. The summed E-state index contributed by atoms with van der Waals surface area (Å²) in [6, 6.07) is 0. The van der Waals surface area contributed by atoms with Gasteiger partial charge in [0.15, 0.2) is 0 Å². The highest BCUT2D eigenvalue weighted by Crippen LogP contribution is 2.01. The number of hydrogen-bond acceptors (Lipinski definition) is 2. The van der Waals surface area contributed by atoms with Gasteiger partial charge in [0.05, 0.1) is 0 Å². The van der Waals surface area contributed by atoms with Crippen LogP contribution in [0.15, 0.2) is 0 Å². The molecule has 2 nitrogen and oxygen atoms in total. The van der Waals surface area contributed by atoms with Crippen LogP contribution in [0.4, 0.5) is 0 Å². The minimum absolute atomic E-state index is 0.835. The molecule has 86 valence electrons. The number of hydrogen-bond donors (Lipinski definition) is 2. The van der Waals surface area contributed by atoms with E-state index in [0.717, 1.165) is 19.0 Å². The predicted molar refractivity (Wildman–Crippen MR) is 64.2 cm³/mol. The summed E-state index contributed by atoms with van der Waals surface area (Å²) in [6.07, 6.45) is 7.95. The minimum atomic E-state index is 0.835. The molecule has 0 aliphatic heterocycles. The largest absolute Gasteiger partial charge is 0.258 e. The molecule has 0 heterocycles. The van der Waals surface area contributed by atoms with Crippen molar-refractivity contribution in [2.45, 2.75) is 59.3 Å². The van der Waals surface area contributed by atoms with Crippen molar-refractivity contribution >= 4 is 0 Å². The van der Waals surface area contributed by atoms with Gasteiger partial charge < -0.3 is 0 Å². The van der Waals surface area contributed by atoms with Crippen LogP contribution in [-0.2, 0) is 0 Å². The number of unbranched alkanes of at least 4 members (excludes halogenated alkanes) is 3. The van der Waals surface area contributed by atoms with Crippen molar-refractivity contribution in [1.29, 1.82) is 0 Å². The fourth-order valence-corrected chi connectivity index (χ4v) is 1.42. The third-order valence-electron chi connectivity index (χ3n) is 2.36. The van der Waals surface area contributed by atoms with Crippen LogP contribution in [0.5, 0.6) is 0 Å². The van der Waals surface area contributed by atoms with Crippen molar-refractivity contribution in [2.75, 3.05) is 13.1 Å². The zero-order valence-electron chi connectivity index (χ0n) is 10.2. The lowest BCUT2D eigenvalue weighted by atomic mass is 10.1. The molecule has 0 unspecified atom stereocenters. The number of nitrogens with one attached hydrogen (secondary N) is 2. The van der Waals surface area contributed by atoms with Crippen LogP contribution >= 0.6 is 0 Å². The molecular formula is C12H28N2. The molecule has 0 aliphatic carbocycles. The first-order valence-corrected chi connectivity index (χ1v) is 6.23. The Morgan fingerprint density at radius 2 is 1.50 bits per heavy atom. The average Bonchev–Trinajstić information content (AvgIpc) is 2.15. The first-order valence-electron chi connectivity index (χ1n) is 6.23. The Balaban J connectivity index is 2.85. The summed E-state index contributed by atoms with van der Waals surface area (Å²) in [5, 5.41) is 0. The van der Waals surface area contributed by atoms with Crippen molar-refractivity contribution < 1.29 is 0 Å². The highest BCUT2D eigenvalue weighted by atomic mass is 15.3. The van der Waals surface area contributed by atoms with Crippen molar-refractivity contribution in [1.82, 2.24) is 10.9 Å². The molecule has 0 spiro atoms.